The zero-order valence-corrected chi connectivity index (χ0v) is 28.4. The van der Waals surface area contributed by atoms with Gasteiger partial charge in [-0.15, -0.1) is 0 Å². The SMILES string of the molecule is CCc1ccc(N(CCCC(=O)N(Cc2ccc(Cl)c(Cl)c2)[C@H](Cc2ccccc2)C(=O)NC2CCCCC2)S(C)(=O)=O)cc1. The molecular formula is C35H43Cl2N3O4S. The summed E-state index contributed by atoms with van der Waals surface area (Å²) in [6, 6.07) is 21.6. The van der Waals surface area contributed by atoms with E-state index in [1.165, 1.54) is 10.6 Å². The molecule has 1 N–H and O–H groups in total. The van der Waals surface area contributed by atoms with Crippen molar-refractivity contribution in [2.24, 2.45) is 0 Å². The molecule has 242 valence electrons. The second-order valence-electron chi connectivity index (χ2n) is 11.8. The summed E-state index contributed by atoms with van der Waals surface area (Å²) in [6.45, 7) is 2.33. The largest absolute Gasteiger partial charge is 0.352 e. The van der Waals surface area contributed by atoms with Crippen LogP contribution in [0.5, 0.6) is 0 Å². The molecule has 10 heteroatoms. The highest BCUT2D eigenvalue weighted by atomic mass is 35.5. The molecule has 0 bridgehead atoms. The van der Waals surface area contributed by atoms with Crippen LogP contribution in [0, 0.1) is 0 Å². The molecule has 3 aromatic carbocycles. The number of carbonyl (C=O) groups excluding carboxylic acids is 2. The molecule has 1 fully saturated rings. The number of hydrogen-bond donors (Lipinski definition) is 1. The van der Waals surface area contributed by atoms with Gasteiger partial charge in [0.2, 0.25) is 21.8 Å². The standard InChI is InChI=1S/C35H43Cl2N3O4S/c1-3-26-16-19-30(20-17-26)40(45(2,43)44)22-10-15-34(41)39(25-28-18-21-31(36)32(37)23-28)33(24-27-11-6-4-7-12-27)35(42)38-29-13-8-5-9-14-29/h4,6-7,11-12,16-21,23,29,33H,3,5,8-10,13-15,22,24-25H2,1-2H3,(H,38,42)/t33-/m1/s1. The maximum atomic E-state index is 14.1. The second-order valence-corrected chi connectivity index (χ2v) is 14.5. The van der Waals surface area contributed by atoms with Crippen molar-refractivity contribution in [3.63, 3.8) is 0 Å². The van der Waals surface area contributed by atoms with Gasteiger partial charge in [0, 0.05) is 32.0 Å². The molecule has 45 heavy (non-hydrogen) atoms. The maximum absolute atomic E-state index is 14.1. The fourth-order valence-electron chi connectivity index (χ4n) is 5.83. The van der Waals surface area contributed by atoms with E-state index in [2.05, 4.69) is 5.32 Å². The molecule has 1 atom stereocenters. The van der Waals surface area contributed by atoms with Gasteiger partial charge in [-0.25, -0.2) is 8.42 Å². The Morgan fingerprint density at radius 2 is 1.56 bits per heavy atom. The Morgan fingerprint density at radius 1 is 0.889 bits per heavy atom. The molecule has 0 aliphatic heterocycles. The molecular weight excluding hydrogens is 629 g/mol. The topological polar surface area (TPSA) is 86.8 Å². The van der Waals surface area contributed by atoms with E-state index >= 15 is 0 Å². The van der Waals surface area contributed by atoms with Crippen molar-refractivity contribution in [1.29, 1.82) is 0 Å². The Morgan fingerprint density at radius 3 is 2.18 bits per heavy atom. The second kappa shape index (κ2) is 16.5. The third-order valence-electron chi connectivity index (χ3n) is 8.34. The molecule has 0 saturated heterocycles. The fraction of sp³-hybridized carbons (Fsp3) is 0.429. The molecule has 0 radical (unpaired) electrons. The molecule has 4 rings (SSSR count). The van der Waals surface area contributed by atoms with Crippen LogP contribution in [0.4, 0.5) is 5.69 Å². The van der Waals surface area contributed by atoms with Gasteiger partial charge in [0.1, 0.15) is 6.04 Å². The number of nitrogens with zero attached hydrogens (tertiary/aromatic N) is 2. The number of rotatable bonds is 14. The van der Waals surface area contributed by atoms with Gasteiger partial charge in [0.05, 0.1) is 22.0 Å². The summed E-state index contributed by atoms with van der Waals surface area (Å²) in [5.41, 5.74) is 3.35. The average Bonchev–Trinajstić information content (AvgIpc) is 3.03. The number of amides is 2. The summed E-state index contributed by atoms with van der Waals surface area (Å²) in [4.78, 5) is 29.7. The number of nitrogens with one attached hydrogen (secondary N) is 1. The van der Waals surface area contributed by atoms with Gasteiger partial charge in [-0.1, -0.05) is 97.9 Å². The average molecular weight is 673 g/mol. The molecule has 7 nitrogen and oxygen atoms in total. The van der Waals surface area contributed by atoms with Crippen LogP contribution in [0.1, 0.15) is 68.6 Å². The minimum Gasteiger partial charge on any atom is -0.352 e. The lowest BCUT2D eigenvalue weighted by atomic mass is 9.94. The summed E-state index contributed by atoms with van der Waals surface area (Å²) in [6.07, 6.45) is 7.84. The first-order valence-electron chi connectivity index (χ1n) is 15.7. The van der Waals surface area contributed by atoms with Crippen LogP contribution in [0.2, 0.25) is 10.0 Å². The number of carbonyl (C=O) groups is 2. The number of hydrogen-bond acceptors (Lipinski definition) is 4. The van der Waals surface area contributed by atoms with E-state index < -0.39 is 16.1 Å². The number of aryl methyl sites for hydroxylation is 1. The van der Waals surface area contributed by atoms with E-state index in [1.807, 2.05) is 49.4 Å². The monoisotopic (exact) mass is 671 g/mol. The van der Waals surface area contributed by atoms with Crippen LogP contribution in [0.3, 0.4) is 0 Å². The Hall–Kier alpha value is -3.07. The number of halogens is 2. The van der Waals surface area contributed by atoms with Crippen molar-refractivity contribution >= 4 is 50.7 Å². The zero-order chi connectivity index (χ0) is 32.4. The number of anilines is 1. The van der Waals surface area contributed by atoms with Gasteiger partial charge in [-0.3, -0.25) is 13.9 Å². The molecule has 1 saturated carbocycles. The fourth-order valence-corrected chi connectivity index (χ4v) is 7.12. The molecule has 0 unspecified atom stereocenters. The number of benzene rings is 3. The van der Waals surface area contributed by atoms with Crippen molar-refractivity contribution in [2.45, 2.75) is 83.3 Å². The lowest BCUT2D eigenvalue weighted by molar-refractivity contribution is -0.141. The van der Waals surface area contributed by atoms with Gasteiger partial charge >= 0.3 is 0 Å². The Bertz CT molecular complexity index is 1530. The van der Waals surface area contributed by atoms with Gasteiger partial charge in [0.15, 0.2) is 0 Å². The van der Waals surface area contributed by atoms with Gasteiger partial charge in [-0.05, 0) is 66.6 Å². The third kappa shape index (κ3) is 10.2. The van der Waals surface area contributed by atoms with Crippen LogP contribution >= 0.6 is 23.2 Å². The number of sulfonamides is 1. The Labute approximate surface area is 278 Å². The van der Waals surface area contributed by atoms with Crippen molar-refractivity contribution in [2.75, 3.05) is 17.1 Å². The molecule has 2 amide bonds. The first kappa shape index (κ1) is 34.8. The molecule has 3 aromatic rings. The van der Waals surface area contributed by atoms with E-state index in [0.29, 0.717) is 22.2 Å². The minimum absolute atomic E-state index is 0.0579. The predicted molar refractivity (Wildman–Crippen MR) is 183 cm³/mol. The van der Waals surface area contributed by atoms with Crippen LogP contribution in [0.15, 0.2) is 72.8 Å². The predicted octanol–water partition coefficient (Wildman–Crippen LogP) is 7.19. The van der Waals surface area contributed by atoms with E-state index in [9.17, 15) is 18.0 Å². The van der Waals surface area contributed by atoms with Crippen LogP contribution < -0.4 is 9.62 Å². The lowest BCUT2D eigenvalue weighted by Crippen LogP contribution is -2.52. The summed E-state index contributed by atoms with van der Waals surface area (Å²) >= 11 is 12.5. The minimum atomic E-state index is -3.58. The van der Waals surface area contributed by atoms with E-state index in [-0.39, 0.29) is 43.8 Å². The molecule has 0 spiro atoms. The lowest BCUT2D eigenvalue weighted by Gasteiger charge is -2.34. The van der Waals surface area contributed by atoms with E-state index in [0.717, 1.165) is 55.2 Å². The summed E-state index contributed by atoms with van der Waals surface area (Å²) in [7, 11) is -3.58. The van der Waals surface area contributed by atoms with Crippen molar-refractivity contribution in [1.82, 2.24) is 10.2 Å². The van der Waals surface area contributed by atoms with Crippen molar-refractivity contribution in [3.8, 4) is 0 Å². The smallest absolute Gasteiger partial charge is 0.243 e. The quantitative estimate of drug-likeness (QED) is 0.197. The van der Waals surface area contributed by atoms with Gasteiger partial charge in [0.25, 0.3) is 0 Å². The van der Waals surface area contributed by atoms with Crippen LogP contribution in [-0.4, -0.2) is 50.0 Å². The molecule has 1 aliphatic rings. The first-order valence-corrected chi connectivity index (χ1v) is 18.3. The van der Waals surface area contributed by atoms with Gasteiger partial charge < -0.3 is 10.2 Å². The summed E-state index contributed by atoms with van der Waals surface area (Å²) < 4.78 is 26.8. The normalized spacial score (nSPS) is 14.5. The Balaban J connectivity index is 1.60. The highest BCUT2D eigenvalue weighted by Crippen LogP contribution is 2.26. The summed E-state index contributed by atoms with van der Waals surface area (Å²) in [5.74, 6) is -0.427. The third-order valence-corrected chi connectivity index (χ3v) is 10.3. The van der Waals surface area contributed by atoms with E-state index in [4.69, 9.17) is 23.2 Å². The zero-order valence-electron chi connectivity index (χ0n) is 26.1. The highest BCUT2D eigenvalue weighted by Gasteiger charge is 2.32. The Kier molecular flexibility index (Phi) is 12.7. The summed E-state index contributed by atoms with van der Waals surface area (Å²) in [5, 5.41) is 4.01. The molecule has 0 heterocycles. The first-order chi connectivity index (χ1) is 21.5. The van der Waals surface area contributed by atoms with E-state index in [1.54, 1.807) is 35.2 Å². The maximum Gasteiger partial charge on any atom is 0.243 e. The van der Waals surface area contributed by atoms with Gasteiger partial charge in [-0.2, -0.15) is 0 Å². The van der Waals surface area contributed by atoms with Crippen molar-refractivity contribution < 1.29 is 18.0 Å². The molecule has 1 aliphatic carbocycles. The highest BCUT2D eigenvalue weighted by molar-refractivity contribution is 7.92. The van der Waals surface area contributed by atoms with Crippen LogP contribution in [0.25, 0.3) is 0 Å². The van der Waals surface area contributed by atoms with Crippen LogP contribution in [-0.2, 0) is 39.0 Å². The molecule has 0 aromatic heterocycles. The van der Waals surface area contributed by atoms with Crippen molar-refractivity contribution in [3.05, 3.63) is 99.5 Å².